The molecule has 9 nitrogen and oxygen atoms in total. The van der Waals surface area contributed by atoms with Gasteiger partial charge in [-0.25, -0.2) is 14.6 Å². The maximum absolute atomic E-state index is 12.4. The van der Waals surface area contributed by atoms with Gasteiger partial charge in [-0.2, -0.15) is 0 Å². The van der Waals surface area contributed by atoms with Crippen LogP contribution in [0.25, 0.3) is 11.2 Å². The molecule has 31 heavy (non-hydrogen) atoms. The zero-order chi connectivity index (χ0) is 22.4. The highest BCUT2D eigenvalue weighted by Gasteiger charge is 2.18. The minimum Gasteiger partial charge on any atom is -0.482 e. The largest absolute Gasteiger partial charge is 0.482 e. The van der Waals surface area contributed by atoms with Gasteiger partial charge in [0.05, 0.1) is 0 Å². The van der Waals surface area contributed by atoms with Crippen molar-refractivity contribution in [1.82, 2.24) is 19.1 Å². The van der Waals surface area contributed by atoms with E-state index in [0.717, 1.165) is 19.3 Å². The summed E-state index contributed by atoms with van der Waals surface area (Å²) in [5.41, 5.74) is 0.802. The standard InChI is InChI=1S/C22H28N4O5/c1-4-7-12-26-20-19(21(28)24-22(26)29)25(6-3)17(23-20)13-31-18(27)14-30-16-10-8-15(5-2)9-11-16/h8-11H,4-7,12-14H2,1-3H3,(H,24,28,29). The fourth-order valence-electron chi connectivity index (χ4n) is 3.34. The summed E-state index contributed by atoms with van der Waals surface area (Å²) in [4.78, 5) is 43.6. The van der Waals surface area contributed by atoms with E-state index in [1.807, 2.05) is 38.1 Å². The van der Waals surface area contributed by atoms with Gasteiger partial charge in [-0.3, -0.25) is 14.3 Å². The van der Waals surface area contributed by atoms with Gasteiger partial charge in [-0.15, -0.1) is 0 Å². The molecule has 0 amide bonds. The van der Waals surface area contributed by atoms with E-state index in [-0.39, 0.29) is 13.2 Å². The average molecular weight is 428 g/mol. The Labute approximate surface area is 179 Å². The normalized spacial score (nSPS) is 11.1. The van der Waals surface area contributed by atoms with Crippen LogP contribution in [0.1, 0.15) is 45.0 Å². The predicted octanol–water partition coefficient (Wildman–Crippen LogP) is 2.39. The first kappa shape index (κ1) is 22.3. The van der Waals surface area contributed by atoms with E-state index in [0.29, 0.717) is 35.8 Å². The molecule has 166 valence electrons. The Morgan fingerprint density at radius 2 is 1.84 bits per heavy atom. The fraction of sp³-hybridized carbons (Fsp3) is 0.455. The molecule has 1 N–H and O–H groups in total. The summed E-state index contributed by atoms with van der Waals surface area (Å²) < 4.78 is 13.9. The average Bonchev–Trinajstić information content (AvgIpc) is 3.15. The number of hydrogen-bond acceptors (Lipinski definition) is 6. The number of esters is 1. The quantitative estimate of drug-likeness (QED) is 0.497. The van der Waals surface area contributed by atoms with Crippen molar-refractivity contribution in [3.05, 3.63) is 56.5 Å². The van der Waals surface area contributed by atoms with Crippen LogP contribution in [0.2, 0.25) is 0 Å². The van der Waals surface area contributed by atoms with Crippen molar-refractivity contribution in [2.45, 2.75) is 59.7 Å². The third kappa shape index (κ3) is 5.04. The van der Waals surface area contributed by atoms with Crippen LogP contribution < -0.4 is 16.0 Å². The van der Waals surface area contributed by atoms with Crippen molar-refractivity contribution < 1.29 is 14.3 Å². The highest BCUT2D eigenvalue weighted by Crippen LogP contribution is 2.14. The van der Waals surface area contributed by atoms with Gasteiger partial charge in [0, 0.05) is 13.1 Å². The van der Waals surface area contributed by atoms with Crippen LogP contribution in [-0.4, -0.2) is 31.7 Å². The van der Waals surface area contributed by atoms with E-state index in [4.69, 9.17) is 9.47 Å². The molecule has 0 saturated carbocycles. The second-order valence-electron chi connectivity index (χ2n) is 7.16. The monoisotopic (exact) mass is 428 g/mol. The number of carbonyl (C=O) groups excluding carboxylic acids is 1. The molecule has 1 aromatic carbocycles. The molecule has 0 atom stereocenters. The number of carbonyl (C=O) groups is 1. The molecule has 0 aliphatic heterocycles. The topological polar surface area (TPSA) is 108 Å². The molecule has 9 heteroatoms. The second-order valence-corrected chi connectivity index (χ2v) is 7.16. The highest BCUT2D eigenvalue weighted by atomic mass is 16.6. The maximum Gasteiger partial charge on any atom is 0.344 e. The molecule has 2 heterocycles. The number of fused-ring (bicyclic) bond motifs is 1. The number of aryl methyl sites for hydroxylation is 3. The third-order valence-electron chi connectivity index (χ3n) is 5.07. The first-order valence-electron chi connectivity index (χ1n) is 10.6. The van der Waals surface area contributed by atoms with Crippen LogP contribution in [0.5, 0.6) is 5.75 Å². The SMILES string of the molecule is CCCCn1c(=O)[nH]c(=O)c2c1nc(COC(=O)COc1ccc(CC)cc1)n2CC. The molecule has 3 rings (SSSR count). The van der Waals surface area contributed by atoms with Crippen LogP contribution in [0, 0.1) is 0 Å². The van der Waals surface area contributed by atoms with Crippen molar-refractivity contribution in [3.63, 3.8) is 0 Å². The zero-order valence-electron chi connectivity index (χ0n) is 18.1. The van der Waals surface area contributed by atoms with E-state index < -0.39 is 17.2 Å². The smallest absolute Gasteiger partial charge is 0.344 e. The maximum atomic E-state index is 12.4. The molecule has 2 aromatic heterocycles. The minimum atomic E-state index is -0.549. The van der Waals surface area contributed by atoms with Gasteiger partial charge in [0.25, 0.3) is 5.56 Å². The summed E-state index contributed by atoms with van der Waals surface area (Å²) in [6.07, 6.45) is 2.60. The molecule has 0 radical (unpaired) electrons. The van der Waals surface area contributed by atoms with E-state index in [2.05, 4.69) is 16.9 Å². The molecule has 0 fully saturated rings. The van der Waals surface area contributed by atoms with Crippen LogP contribution in [0.4, 0.5) is 0 Å². The number of benzene rings is 1. The number of imidazole rings is 1. The minimum absolute atomic E-state index is 0.124. The van der Waals surface area contributed by atoms with E-state index in [1.54, 1.807) is 4.57 Å². The van der Waals surface area contributed by atoms with Gasteiger partial charge in [0.2, 0.25) is 0 Å². The Morgan fingerprint density at radius 1 is 1.10 bits per heavy atom. The Hall–Kier alpha value is -3.36. The highest BCUT2D eigenvalue weighted by molar-refractivity contribution is 5.72. The third-order valence-corrected chi connectivity index (χ3v) is 5.07. The molecular weight excluding hydrogens is 400 g/mol. The lowest BCUT2D eigenvalue weighted by molar-refractivity contribution is -0.147. The first-order chi connectivity index (χ1) is 15.0. The summed E-state index contributed by atoms with van der Waals surface area (Å²) >= 11 is 0. The predicted molar refractivity (Wildman–Crippen MR) is 116 cm³/mol. The summed E-state index contributed by atoms with van der Waals surface area (Å²) in [5, 5.41) is 0. The van der Waals surface area contributed by atoms with E-state index in [9.17, 15) is 14.4 Å². The molecule has 0 aliphatic rings. The Kier molecular flexibility index (Phi) is 7.28. The Bertz CT molecular complexity index is 1160. The Balaban J connectivity index is 1.74. The number of rotatable bonds is 10. The summed E-state index contributed by atoms with van der Waals surface area (Å²) in [6, 6.07) is 7.51. The number of hydrogen-bond donors (Lipinski definition) is 1. The van der Waals surface area contributed by atoms with Crippen LogP contribution in [0.3, 0.4) is 0 Å². The van der Waals surface area contributed by atoms with Crippen LogP contribution >= 0.6 is 0 Å². The molecular formula is C22H28N4O5. The van der Waals surface area contributed by atoms with Gasteiger partial charge >= 0.3 is 11.7 Å². The number of ether oxygens (including phenoxy) is 2. The number of nitrogens with zero attached hydrogens (tertiary/aromatic N) is 3. The molecule has 0 saturated heterocycles. The van der Waals surface area contributed by atoms with Gasteiger partial charge in [0.15, 0.2) is 17.8 Å². The van der Waals surface area contributed by atoms with Crippen LogP contribution in [0.15, 0.2) is 33.9 Å². The van der Waals surface area contributed by atoms with Crippen molar-refractivity contribution in [2.75, 3.05) is 6.61 Å². The second kappa shape index (κ2) is 10.1. The number of aromatic amines is 1. The van der Waals surface area contributed by atoms with Gasteiger partial charge in [0.1, 0.15) is 18.2 Å². The number of nitrogens with one attached hydrogen (secondary N) is 1. The van der Waals surface area contributed by atoms with E-state index in [1.165, 1.54) is 10.1 Å². The van der Waals surface area contributed by atoms with Gasteiger partial charge in [-0.1, -0.05) is 32.4 Å². The molecule has 0 aliphatic carbocycles. The molecule has 0 bridgehead atoms. The fourth-order valence-corrected chi connectivity index (χ4v) is 3.34. The van der Waals surface area contributed by atoms with Crippen molar-refractivity contribution >= 4 is 17.1 Å². The first-order valence-corrected chi connectivity index (χ1v) is 10.6. The lowest BCUT2D eigenvalue weighted by atomic mass is 10.2. The summed E-state index contributed by atoms with van der Waals surface area (Å²) in [7, 11) is 0. The summed E-state index contributed by atoms with van der Waals surface area (Å²) in [6.45, 7) is 6.47. The number of H-pyrrole nitrogens is 1. The number of unbranched alkanes of at least 4 members (excludes halogenated alkanes) is 1. The van der Waals surface area contributed by atoms with Gasteiger partial charge < -0.3 is 14.0 Å². The van der Waals surface area contributed by atoms with Crippen molar-refractivity contribution in [2.24, 2.45) is 0 Å². The van der Waals surface area contributed by atoms with E-state index >= 15 is 0 Å². The van der Waals surface area contributed by atoms with Crippen molar-refractivity contribution in [1.29, 1.82) is 0 Å². The van der Waals surface area contributed by atoms with Crippen molar-refractivity contribution in [3.8, 4) is 5.75 Å². The zero-order valence-corrected chi connectivity index (χ0v) is 18.1. The molecule has 0 unspecified atom stereocenters. The lowest BCUT2D eigenvalue weighted by Gasteiger charge is -2.08. The van der Waals surface area contributed by atoms with Crippen LogP contribution in [-0.2, 0) is 35.6 Å². The molecule has 3 aromatic rings. The van der Waals surface area contributed by atoms with Gasteiger partial charge in [-0.05, 0) is 37.5 Å². The Morgan fingerprint density at radius 3 is 2.48 bits per heavy atom. The number of aromatic nitrogens is 4. The lowest BCUT2D eigenvalue weighted by Crippen LogP contribution is -2.31. The summed E-state index contributed by atoms with van der Waals surface area (Å²) in [5.74, 6) is 0.437. The molecule has 0 spiro atoms.